The van der Waals surface area contributed by atoms with Crippen LogP contribution in [-0.4, -0.2) is 17.5 Å². The maximum atomic E-state index is 12.1. The van der Waals surface area contributed by atoms with Gasteiger partial charge in [-0.1, -0.05) is 6.07 Å². The highest BCUT2D eigenvalue weighted by molar-refractivity contribution is 5.93. The van der Waals surface area contributed by atoms with E-state index in [0.29, 0.717) is 13.0 Å². The lowest BCUT2D eigenvalue weighted by molar-refractivity contribution is -0.115. The Bertz CT molecular complexity index is 775. The van der Waals surface area contributed by atoms with Gasteiger partial charge in [-0.2, -0.15) is 0 Å². The Balaban J connectivity index is 1.63. The summed E-state index contributed by atoms with van der Waals surface area (Å²) in [6.07, 6.45) is 2.25. The summed E-state index contributed by atoms with van der Waals surface area (Å²) >= 11 is 0. The van der Waals surface area contributed by atoms with Gasteiger partial charge in [0.15, 0.2) is 0 Å². The molecule has 2 N–H and O–H groups in total. The predicted octanol–water partition coefficient (Wildman–Crippen LogP) is 3.75. The molecule has 3 rings (SSSR count). The molecule has 3 aromatic rings. The number of amides is 1. The molecule has 0 aliphatic carbocycles. The van der Waals surface area contributed by atoms with E-state index < -0.39 is 0 Å². The fourth-order valence-corrected chi connectivity index (χ4v) is 2.40. The van der Waals surface area contributed by atoms with Crippen LogP contribution in [-0.2, 0) is 11.2 Å². The second-order valence-corrected chi connectivity index (χ2v) is 5.08. The van der Waals surface area contributed by atoms with Crippen LogP contribution >= 0.6 is 0 Å². The van der Waals surface area contributed by atoms with E-state index in [-0.39, 0.29) is 5.91 Å². The second kappa shape index (κ2) is 6.35. The third-order valence-corrected chi connectivity index (χ3v) is 3.43. The minimum absolute atomic E-state index is 0.0287. The number of carbonyl (C=O) groups is 1. The van der Waals surface area contributed by atoms with Gasteiger partial charge in [0.25, 0.3) is 0 Å². The van der Waals surface area contributed by atoms with Crippen molar-refractivity contribution in [3.63, 3.8) is 0 Å². The smallest absolute Gasteiger partial charge is 0.228 e. The number of hydrogen-bond donors (Lipinski definition) is 2. The van der Waals surface area contributed by atoms with Crippen LogP contribution < -0.4 is 10.1 Å². The first-order valence-corrected chi connectivity index (χ1v) is 7.33. The van der Waals surface area contributed by atoms with Gasteiger partial charge in [0.05, 0.1) is 13.0 Å². The maximum absolute atomic E-state index is 12.1. The molecule has 4 nitrogen and oxygen atoms in total. The predicted molar refractivity (Wildman–Crippen MR) is 88.2 cm³/mol. The second-order valence-electron chi connectivity index (χ2n) is 5.08. The van der Waals surface area contributed by atoms with Crippen molar-refractivity contribution in [2.75, 3.05) is 11.9 Å². The first kappa shape index (κ1) is 14.2. The van der Waals surface area contributed by atoms with Crippen molar-refractivity contribution >= 4 is 22.5 Å². The minimum Gasteiger partial charge on any atom is -0.494 e. The molecule has 1 heterocycles. The zero-order valence-electron chi connectivity index (χ0n) is 12.4. The van der Waals surface area contributed by atoms with E-state index in [1.807, 2.05) is 61.7 Å². The summed E-state index contributed by atoms with van der Waals surface area (Å²) in [5.41, 5.74) is 2.85. The normalized spacial score (nSPS) is 10.6. The summed E-state index contributed by atoms with van der Waals surface area (Å²) < 4.78 is 5.38. The number of fused-ring (bicyclic) bond motifs is 1. The molecule has 112 valence electrons. The van der Waals surface area contributed by atoms with Gasteiger partial charge in [0.2, 0.25) is 5.91 Å². The number of anilines is 1. The van der Waals surface area contributed by atoms with Crippen LogP contribution in [0.5, 0.6) is 5.75 Å². The van der Waals surface area contributed by atoms with Crippen LogP contribution in [0.4, 0.5) is 5.69 Å². The Morgan fingerprint density at radius 1 is 1.14 bits per heavy atom. The number of aromatic nitrogens is 1. The van der Waals surface area contributed by atoms with Crippen molar-refractivity contribution in [3.05, 3.63) is 60.3 Å². The van der Waals surface area contributed by atoms with Crippen LogP contribution in [0.25, 0.3) is 10.9 Å². The number of ether oxygens (including phenoxy) is 1. The topological polar surface area (TPSA) is 54.1 Å². The van der Waals surface area contributed by atoms with E-state index in [1.54, 1.807) is 0 Å². The van der Waals surface area contributed by atoms with Gasteiger partial charge < -0.3 is 15.0 Å². The molecule has 0 aliphatic rings. The average Bonchev–Trinajstić information content (AvgIpc) is 2.97. The van der Waals surface area contributed by atoms with Gasteiger partial charge in [-0.05, 0) is 60.3 Å². The van der Waals surface area contributed by atoms with Gasteiger partial charge in [0, 0.05) is 17.4 Å². The fraction of sp³-hybridized carbons (Fsp3) is 0.167. The molecule has 1 aromatic heterocycles. The van der Waals surface area contributed by atoms with Crippen molar-refractivity contribution in [2.24, 2.45) is 0 Å². The summed E-state index contributed by atoms with van der Waals surface area (Å²) in [6.45, 7) is 2.57. The summed E-state index contributed by atoms with van der Waals surface area (Å²) in [7, 11) is 0. The zero-order chi connectivity index (χ0) is 15.4. The summed E-state index contributed by atoms with van der Waals surface area (Å²) in [6, 6.07) is 15.4. The average molecular weight is 294 g/mol. The van der Waals surface area contributed by atoms with Crippen molar-refractivity contribution in [1.29, 1.82) is 0 Å². The number of aromatic amines is 1. The molecule has 0 fully saturated rings. The van der Waals surface area contributed by atoms with Crippen LogP contribution in [0.3, 0.4) is 0 Å². The Hall–Kier alpha value is -2.75. The van der Waals surface area contributed by atoms with E-state index in [0.717, 1.165) is 27.9 Å². The molecule has 0 radical (unpaired) electrons. The fourth-order valence-electron chi connectivity index (χ4n) is 2.40. The van der Waals surface area contributed by atoms with E-state index in [9.17, 15) is 4.79 Å². The van der Waals surface area contributed by atoms with Crippen LogP contribution in [0.2, 0.25) is 0 Å². The molecule has 2 aromatic carbocycles. The Kier molecular flexibility index (Phi) is 4.10. The molecule has 4 heteroatoms. The van der Waals surface area contributed by atoms with Crippen molar-refractivity contribution in [1.82, 2.24) is 4.98 Å². The van der Waals surface area contributed by atoms with Crippen LogP contribution in [0.1, 0.15) is 12.5 Å². The standard InChI is InChI=1S/C18H18N2O2/c1-2-22-16-6-4-15(5-7-16)20-18(21)12-13-3-8-17-14(11-13)9-10-19-17/h3-11,19H,2,12H2,1H3,(H,20,21). The number of nitrogens with one attached hydrogen (secondary N) is 2. The molecule has 0 atom stereocenters. The van der Waals surface area contributed by atoms with Crippen LogP contribution in [0, 0.1) is 0 Å². The number of H-pyrrole nitrogens is 1. The quantitative estimate of drug-likeness (QED) is 0.753. The van der Waals surface area contributed by atoms with Crippen molar-refractivity contribution in [2.45, 2.75) is 13.3 Å². The minimum atomic E-state index is -0.0287. The van der Waals surface area contributed by atoms with Crippen LogP contribution in [0.15, 0.2) is 54.7 Å². The number of hydrogen-bond acceptors (Lipinski definition) is 2. The molecule has 0 saturated carbocycles. The number of rotatable bonds is 5. The molecule has 22 heavy (non-hydrogen) atoms. The van der Waals surface area contributed by atoms with E-state index >= 15 is 0 Å². The molecule has 0 aliphatic heterocycles. The van der Waals surface area contributed by atoms with E-state index in [2.05, 4.69) is 10.3 Å². The first-order valence-electron chi connectivity index (χ1n) is 7.33. The molecular weight excluding hydrogens is 276 g/mol. The zero-order valence-corrected chi connectivity index (χ0v) is 12.4. The first-order chi connectivity index (χ1) is 10.7. The van der Waals surface area contributed by atoms with Gasteiger partial charge in [0.1, 0.15) is 5.75 Å². The number of carbonyl (C=O) groups excluding carboxylic acids is 1. The van der Waals surface area contributed by atoms with Gasteiger partial charge in [-0.3, -0.25) is 4.79 Å². The highest BCUT2D eigenvalue weighted by Gasteiger charge is 2.05. The van der Waals surface area contributed by atoms with Crippen molar-refractivity contribution in [3.8, 4) is 5.75 Å². The lowest BCUT2D eigenvalue weighted by atomic mass is 10.1. The Morgan fingerprint density at radius 2 is 1.95 bits per heavy atom. The van der Waals surface area contributed by atoms with Gasteiger partial charge in [-0.15, -0.1) is 0 Å². The Labute approximate surface area is 129 Å². The third-order valence-electron chi connectivity index (χ3n) is 3.43. The largest absolute Gasteiger partial charge is 0.494 e. The molecule has 0 saturated heterocycles. The van der Waals surface area contributed by atoms with Crippen molar-refractivity contribution < 1.29 is 9.53 Å². The van der Waals surface area contributed by atoms with Gasteiger partial charge >= 0.3 is 0 Å². The molecule has 0 unspecified atom stereocenters. The SMILES string of the molecule is CCOc1ccc(NC(=O)Cc2ccc3[nH]ccc3c2)cc1. The van der Waals surface area contributed by atoms with Gasteiger partial charge in [-0.25, -0.2) is 0 Å². The van der Waals surface area contributed by atoms with E-state index in [4.69, 9.17) is 4.74 Å². The summed E-state index contributed by atoms with van der Waals surface area (Å²) in [5, 5.41) is 4.02. The third kappa shape index (κ3) is 3.28. The highest BCUT2D eigenvalue weighted by atomic mass is 16.5. The van der Waals surface area contributed by atoms with E-state index in [1.165, 1.54) is 0 Å². The maximum Gasteiger partial charge on any atom is 0.228 e. The molecule has 0 bridgehead atoms. The highest BCUT2D eigenvalue weighted by Crippen LogP contribution is 2.17. The molecular formula is C18H18N2O2. The number of benzene rings is 2. The monoisotopic (exact) mass is 294 g/mol. The molecule has 0 spiro atoms. The lowest BCUT2D eigenvalue weighted by Gasteiger charge is -2.07. The Morgan fingerprint density at radius 3 is 2.73 bits per heavy atom. The molecule has 1 amide bonds. The lowest BCUT2D eigenvalue weighted by Crippen LogP contribution is -2.14. The summed E-state index contributed by atoms with van der Waals surface area (Å²) in [5.74, 6) is 0.775. The summed E-state index contributed by atoms with van der Waals surface area (Å²) in [4.78, 5) is 15.3.